The number of halogens is 2. The molecule has 0 saturated carbocycles. The van der Waals surface area contributed by atoms with Crippen molar-refractivity contribution < 1.29 is 0 Å². The maximum Gasteiger partial charge on any atom is 0.193 e. The van der Waals surface area contributed by atoms with Crippen molar-refractivity contribution in [2.24, 2.45) is 0 Å². The van der Waals surface area contributed by atoms with Gasteiger partial charge in [0, 0.05) is 23.8 Å². The van der Waals surface area contributed by atoms with Crippen molar-refractivity contribution in [3.63, 3.8) is 0 Å². The first-order valence-electron chi connectivity index (χ1n) is 4.52. The standard InChI is InChI=1S/C9H6Br2N4S/c10-7-3-8(11)15(13-7)5-6-4-14-1-2-16-9(14)12-6/h1-4H,5H2. The highest BCUT2D eigenvalue weighted by Gasteiger charge is 2.07. The number of imidazole rings is 1. The fourth-order valence-corrected chi connectivity index (χ4v) is 3.34. The van der Waals surface area contributed by atoms with Gasteiger partial charge in [-0.1, -0.05) is 0 Å². The second kappa shape index (κ2) is 3.97. The van der Waals surface area contributed by atoms with Crippen LogP contribution in [0.1, 0.15) is 5.69 Å². The number of nitrogens with zero attached hydrogens (tertiary/aromatic N) is 4. The summed E-state index contributed by atoms with van der Waals surface area (Å²) in [6, 6.07) is 1.92. The molecule has 82 valence electrons. The molecule has 4 nitrogen and oxygen atoms in total. The highest BCUT2D eigenvalue weighted by molar-refractivity contribution is 9.11. The lowest BCUT2D eigenvalue weighted by molar-refractivity contribution is 0.657. The van der Waals surface area contributed by atoms with E-state index in [1.54, 1.807) is 11.3 Å². The van der Waals surface area contributed by atoms with Gasteiger partial charge in [0.05, 0.1) is 12.2 Å². The van der Waals surface area contributed by atoms with Crippen molar-refractivity contribution in [3.8, 4) is 0 Å². The van der Waals surface area contributed by atoms with E-state index < -0.39 is 0 Å². The van der Waals surface area contributed by atoms with Gasteiger partial charge in [-0.05, 0) is 31.9 Å². The second-order valence-electron chi connectivity index (χ2n) is 3.27. The lowest BCUT2D eigenvalue weighted by atomic mass is 10.5. The molecule has 0 atom stereocenters. The first-order chi connectivity index (χ1) is 7.72. The molecule has 3 rings (SSSR count). The van der Waals surface area contributed by atoms with E-state index >= 15 is 0 Å². The molecule has 3 heterocycles. The maximum atomic E-state index is 4.50. The molecule has 3 aromatic rings. The van der Waals surface area contributed by atoms with Crippen LogP contribution in [0.2, 0.25) is 0 Å². The van der Waals surface area contributed by atoms with Crippen LogP contribution in [0.4, 0.5) is 0 Å². The van der Waals surface area contributed by atoms with Crippen molar-refractivity contribution >= 4 is 48.2 Å². The van der Waals surface area contributed by atoms with Crippen LogP contribution < -0.4 is 0 Å². The predicted octanol–water partition coefficient (Wildman–Crippen LogP) is 3.17. The molecule has 7 heteroatoms. The van der Waals surface area contributed by atoms with E-state index in [1.165, 1.54) is 0 Å². The van der Waals surface area contributed by atoms with Crippen LogP contribution in [-0.2, 0) is 6.54 Å². The molecule has 0 spiro atoms. The summed E-state index contributed by atoms with van der Waals surface area (Å²) in [4.78, 5) is 5.51. The van der Waals surface area contributed by atoms with Gasteiger partial charge in [0.25, 0.3) is 0 Å². The highest BCUT2D eigenvalue weighted by atomic mass is 79.9. The minimum absolute atomic E-state index is 0.667. The molecule has 0 unspecified atom stereocenters. The molecular weight excluding hydrogens is 356 g/mol. The Balaban J connectivity index is 1.94. The minimum atomic E-state index is 0.667. The molecule has 0 N–H and O–H groups in total. The Hall–Kier alpha value is -0.660. The number of hydrogen-bond acceptors (Lipinski definition) is 3. The number of rotatable bonds is 2. The largest absolute Gasteiger partial charge is 0.297 e. The molecule has 0 saturated heterocycles. The summed E-state index contributed by atoms with van der Waals surface area (Å²) < 4.78 is 5.64. The van der Waals surface area contributed by atoms with Gasteiger partial charge in [0.2, 0.25) is 0 Å². The summed E-state index contributed by atoms with van der Waals surface area (Å²) in [6.07, 6.45) is 4.03. The first-order valence-corrected chi connectivity index (χ1v) is 6.99. The zero-order valence-corrected chi connectivity index (χ0v) is 12.0. The second-order valence-corrected chi connectivity index (χ2v) is 5.77. The molecule has 0 aliphatic rings. The van der Waals surface area contributed by atoms with Crippen LogP contribution in [0.3, 0.4) is 0 Å². The Bertz CT molecular complexity index is 610. The van der Waals surface area contributed by atoms with E-state index in [0.29, 0.717) is 6.54 Å². The number of thiazole rings is 1. The van der Waals surface area contributed by atoms with Crippen LogP contribution in [0.15, 0.2) is 33.0 Å². The molecule has 0 aromatic carbocycles. The molecule has 3 aromatic heterocycles. The molecule has 0 fully saturated rings. The fourth-order valence-electron chi connectivity index (χ4n) is 1.48. The average molecular weight is 362 g/mol. The number of fused-ring (bicyclic) bond motifs is 1. The summed E-state index contributed by atoms with van der Waals surface area (Å²) in [5.41, 5.74) is 1.00. The van der Waals surface area contributed by atoms with Crippen LogP contribution in [0, 0.1) is 0 Å². The summed E-state index contributed by atoms with van der Waals surface area (Å²) in [5.74, 6) is 0. The van der Waals surface area contributed by atoms with Gasteiger partial charge >= 0.3 is 0 Å². The van der Waals surface area contributed by atoms with Crippen LogP contribution in [0.25, 0.3) is 4.96 Å². The molecular formula is C9H6Br2N4S. The average Bonchev–Trinajstić information content (AvgIpc) is 2.82. The summed E-state index contributed by atoms with van der Waals surface area (Å²) in [6.45, 7) is 0.667. The smallest absolute Gasteiger partial charge is 0.193 e. The van der Waals surface area contributed by atoms with E-state index in [1.807, 2.05) is 32.9 Å². The van der Waals surface area contributed by atoms with E-state index in [-0.39, 0.29) is 0 Å². The third kappa shape index (κ3) is 1.83. The summed E-state index contributed by atoms with van der Waals surface area (Å²) >= 11 is 8.41. The van der Waals surface area contributed by atoms with Crippen LogP contribution in [-0.4, -0.2) is 19.2 Å². The van der Waals surface area contributed by atoms with E-state index in [4.69, 9.17) is 0 Å². The quantitative estimate of drug-likeness (QED) is 0.702. The van der Waals surface area contributed by atoms with E-state index in [9.17, 15) is 0 Å². The van der Waals surface area contributed by atoms with Crippen LogP contribution in [0.5, 0.6) is 0 Å². The molecule has 16 heavy (non-hydrogen) atoms. The van der Waals surface area contributed by atoms with E-state index in [2.05, 4.69) is 41.9 Å². The summed E-state index contributed by atoms with van der Waals surface area (Å²) in [7, 11) is 0. The number of hydrogen-bond donors (Lipinski definition) is 0. The van der Waals surface area contributed by atoms with Gasteiger partial charge in [0.1, 0.15) is 9.21 Å². The molecule has 0 radical (unpaired) electrons. The first kappa shape index (κ1) is 10.5. The monoisotopic (exact) mass is 360 g/mol. The maximum absolute atomic E-state index is 4.50. The van der Waals surface area contributed by atoms with Gasteiger partial charge in [-0.25, -0.2) is 4.98 Å². The number of aromatic nitrogens is 4. The van der Waals surface area contributed by atoms with Crippen molar-refractivity contribution in [3.05, 3.63) is 38.7 Å². The Morgan fingerprint density at radius 1 is 1.38 bits per heavy atom. The Morgan fingerprint density at radius 3 is 2.94 bits per heavy atom. The van der Waals surface area contributed by atoms with Gasteiger partial charge in [-0.15, -0.1) is 11.3 Å². The van der Waals surface area contributed by atoms with Crippen molar-refractivity contribution in [1.82, 2.24) is 19.2 Å². The Labute approximate surface area is 112 Å². The summed E-state index contributed by atoms with van der Waals surface area (Å²) in [5, 5.41) is 6.32. The van der Waals surface area contributed by atoms with Crippen molar-refractivity contribution in [2.75, 3.05) is 0 Å². The lowest BCUT2D eigenvalue weighted by Crippen LogP contribution is -2.02. The topological polar surface area (TPSA) is 35.1 Å². The SMILES string of the molecule is Brc1cc(Br)n(Cc2cn3ccsc3n2)n1. The third-order valence-corrected chi connectivity index (χ3v) is 3.95. The highest BCUT2D eigenvalue weighted by Crippen LogP contribution is 2.18. The van der Waals surface area contributed by atoms with Crippen molar-refractivity contribution in [1.29, 1.82) is 0 Å². The Morgan fingerprint density at radius 2 is 2.25 bits per heavy atom. The fraction of sp³-hybridized carbons (Fsp3) is 0.111. The van der Waals surface area contributed by atoms with Crippen molar-refractivity contribution in [2.45, 2.75) is 6.54 Å². The van der Waals surface area contributed by atoms with Gasteiger partial charge in [-0.2, -0.15) is 5.10 Å². The lowest BCUT2D eigenvalue weighted by Gasteiger charge is -1.98. The zero-order chi connectivity index (χ0) is 11.1. The Kier molecular flexibility index (Phi) is 2.61. The predicted molar refractivity (Wildman–Crippen MR) is 69.8 cm³/mol. The van der Waals surface area contributed by atoms with Gasteiger partial charge in [0.15, 0.2) is 4.96 Å². The van der Waals surface area contributed by atoms with E-state index in [0.717, 1.165) is 19.9 Å². The van der Waals surface area contributed by atoms with Crippen LogP contribution >= 0.6 is 43.2 Å². The zero-order valence-electron chi connectivity index (χ0n) is 7.97. The minimum Gasteiger partial charge on any atom is -0.297 e. The molecule has 0 amide bonds. The van der Waals surface area contributed by atoms with Gasteiger partial charge < -0.3 is 0 Å². The molecule has 0 aliphatic heterocycles. The van der Waals surface area contributed by atoms with Gasteiger partial charge in [-0.3, -0.25) is 9.08 Å². The normalized spacial score (nSPS) is 11.4. The molecule has 0 aliphatic carbocycles. The third-order valence-electron chi connectivity index (χ3n) is 2.16. The molecule has 0 bridgehead atoms.